The number of aromatic nitrogens is 4. The maximum Gasteiger partial charge on any atom is 0.274 e. The molecule has 1 fully saturated rings. The Hall–Kier alpha value is -4.56. The second-order valence-electron chi connectivity index (χ2n) is 8.53. The highest BCUT2D eigenvalue weighted by Crippen LogP contribution is 2.26. The molecule has 0 spiro atoms. The number of carbonyl (C=O) groups is 1. The SMILES string of the molecule is O=C(Nc1ccc(-c2cn3ccnc3c(N3CCOCC3)n2)cc1)c1cc(-c2ccccc2)ccn1. The molecule has 0 bridgehead atoms. The Morgan fingerprint density at radius 1 is 0.861 bits per heavy atom. The second kappa shape index (κ2) is 9.59. The first-order chi connectivity index (χ1) is 17.7. The first-order valence-electron chi connectivity index (χ1n) is 11.8. The van der Waals surface area contributed by atoms with E-state index < -0.39 is 0 Å². The quantitative estimate of drug-likeness (QED) is 0.401. The van der Waals surface area contributed by atoms with E-state index in [0.717, 1.165) is 46.9 Å². The smallest absolute Gasteiger partial charge is 0.274 e. The molecule has 0 atom stereocenters. The van der Waals surface area contributed by atoms with Crippen LogP contribution in [0.25, 0.3) is 28.0 Å². The van der Waals surface area contributed by atoms with Crippen LogP contribution < -0.4 is 10.2 Å². The Morgan fingerprint density at radius 3 is 2.47 bits per heavy atom. The van der Waals surface area contributed by atoms with Crippen LogP contribution >= 0.6 is 0 Å². The molecule has 5 aromatic rings. The molecular weight excluding hydrogens is 452 g/mol. The summed E-state index contributed by atoms with van der Waals surface area (Å²) < 4.78 is 7.49. The van der Waals surface area contributed by atoms with Crippen LogP contribution in [0.3, 0.4) is 0 Å². The lowest BCUT2D eigenvalue weighted by Gasteiger charge is -2.28. The summed E-state index contributed by atoms with van der Waals surface area (Å²) in [6.07, 6.45) is 7.34. The highest BCUT2D eigenvalue weighted by molar-refractivity contribution is 6.03. The highest BCUT2D eigenvalue weighted by Gasteiger charge is 2.18. The molecule has 4 heterocycles. The van der Waals surface area contributed by atoms with Gasteiger partial charge < -0.3 is 19.4 Å². The Balaban J connectivity index is 1.23. The van der Waals surface area contributed by atoms with Crippen molar-refractivity contribution in [1.82, 2.24) is 19.4 Å². The van der Waals surface area contributed by atoms with Crippen molar-refractivity contribution in [2.45, 2.75) is 0 Å². The number of rotatable bonds is 5. The Labute approximate surface area is 208 Å². The first kappa shape index (κ1) is 21.9. The predicted molar refractivity (Wildman–Crippen MR) is 139 cm³/mol. The summed E-state index contributed by atoms with van der Waals surface area (Å²) in [6, 6.07) is 21.3. The zero-order chi connectivity index (χ0) is 24.3. The number of hydrogen-bond donors (Lipinski definition) is 1. The number of fused-ring (bicyclic) bond motifs is 1. The van der Waals surface area contributed by atoms with Gasteiger partial charge in [0, 0.05) is 49.1 Å². The van der Waals surface area contributed by atoms with Crippen molar-refractivity contribution in [3.8, 4) is 22.4 Å². The van der Waals surface area contributed by atoms with E-state index in [1.54, 1.807) is 18.5 Å². The zero-order valence-corrected chi connectivity index (χ0v) is 19.5. The van der Waals surface area contributed by atoms with Crippen LogP contribution in [0.1, 0.15) is 10.5 Å². The molecule has 1 aliphatic rings. The van der Waals surface area contributed by atoms with Gasteiger partial charge in [-0.1, -0.05) is 42.5 Å². The zero-order valence-electron chi connectivity index (χ0n) is 19.5. The molecule has 8 nitrogen and oxygen atoms in total. The third kappa shape index (κ3) is 4.42. The number of imidazole rings is 1. The van der Waals surface area contributed by atoms with E-state index in [9.17, 15) is 4.79 Å². The molecule has 0 radical (unpaired) electrons. The van der Waals surface area contributed by atoms with Gasteiger partial charge in [-0.05, 0) is 35.4 Å². The van der Waals surface area contributed by atoms with Crippen LogP contribution in [0.4, 0.5) is 11.5 Å². The van der Waals surface area contributed by atoms with Gasteiger partial charge >= 0.3 is 0 Å². The number of morpholine rings is 1. The predicted octanol–water partition coefficient (Wildman–Crippen LogP) is 4.55. The number of pyridine rings is 1. The largest absolute Gasteiger partial charge is 0.378 e. The van der Waals surface area contributed by atoms with Crippen LogP contribution in [0.5, 0.6) is 0 Å². The van der Waals surface area contributed by atoms with E-state index >= 15 is 0 Å². The van der Waals surface area contributed by atoms with Gasteiger partial charge in [-0.3, -0.25) is 9.78 Å². The average Bonchev–Trinajstić information content (AvgIpc) is 3.43. The summed E-state index contributed by atoms with van der Waals surface area (Å²) in [4.78, 5) is 28.8. The molecule has 178 valence electrons. The topological polar surface area (TPSA) is 84.7 Å². The molecular formula is C28H24N6O2. The fourth-order valence-electron chi connectivity index (χ4n) is 4.33. The van der Waals surface area contributed by atoms with Crippen molar-refractivity contribution in [1.29, 1.82) is 0 Å². The van der Waals surface area contributed by atoms with Crippen LogP contribution in [-0.2, 0) is 4.74 Å². The molecule has 0 saturated carbocycles. The molecule has 0 unspecified atom stereocenters. The van der Waals surface area contributed by atoms with Gasteiger partial charge in [0.1, 0.15) is 5.69 Å². The number of anilines is 2. The molecule has 1 amide bonds. The van der Waals surface area contributed by atoms with E-state index in [4.69, 9.17) is 9.72 Å². The fourth-order valence-corrected chi connectivity index (χ4v) is 4.33. The van der Waals surface area contributed by atoms with Gasteiger partial charge in [0.05, 0.1) is 18.9 Å². The van der Waals surface area contributed by atoms with Gasteiger partial charge in [0.25, 0.3) is 5.91 Å². The number of amides is 1. The molecule has 3 aromatic heterocycles. The van der Waals surface area contributed by atoms with Crippen molar-refractivity contribution in [3.63, 3.8) is 0 Å². The Kier molecular flexibility index (Phi) is 5.85. The minimum Gasteiger partial charge on any atom is -0.378 e. The number of benzene rings is 2. The molecule has 2 aromatic carbocycles. The standard InChI is InChI=1S/C28H24N6O2/c35-28(24-18-22(10-11-29-24)20-4-2-1-3-5-20)31-23-8-6-21(7-9-23)25-19-34-13-12-30-26(34)27(32-25)33-14-16-36-17-15-33/h1-13,18-19H,14-17H2,(H,31,35). The average molecular weight is 477 g/mol. The summed E-state index contributed by atoms with van der Waals surface area (Å²) in [7, 11) is 0. The molecule has 1 N–H and O–H groups in total. The summed E-state index contributed by atoms with van der Waals surface area (Å²) in [6.45, 7) is 2.92. The maximum atomic E-state index is 12.9. The number of carbonyl (C=O) groups excluding carboxylic acids is 1. The van der Waals surface area contributed by atoms with Gasteiger partial charge in [0.15, 0.2) is 11.5 Å². The van der Waals surface area contributed by atoms with E-state index in [-0.39, 0.29) is 5.91 Å². The lowest BCUT2D eigenvalue weighted by atomic mass is 10.1. The van der Waals surface area contributed by atoms with Crippen LogP contribution in [0.2, 0.25) is 0 Å². The van der Waals surface area contributed by atoms with Gasteiger partial charge in [-0.2, -0.15) is 0 Å². The minimum atomic E-state index is -0.256. The lowest BCUT2D eigenvalue weighted by Crippen LogP contribution is -2.37. The van der Waals surface area contributed by atoms with Gasteiger partial charge in [0.2, 0.25) is 0 Å². The second-order valence-corrected chi connectivity index (χ2v) is 8.53. The summed E-state index contributed by atoms with van der Waals surface area (Å²) in [5, 5.41) is 2.94. The first-order valence-corrected chi connectivity index (χ1v) is 11.8. The molecule has 36 heavy (non-hydrogen) atoms. The summed E-state index contributed by atoms with van der Waals surface area (Å²) in [5.41, 5.74) is 5.64. The molecule has 8 heteroatoms. The van der Waals surface area contributed by atoms with Gasteiger partial charge in [-0.25, -0.2) is 9.97 Å². The third-order valence-corrected chi connectivity index (χ3v) is 6.21. The van der Waals surface area contributed by atoms with Crippen molar-refractivity contribution < 1.29 is 9.53 Å². The van der Waals surface area contributed by atoms with Crippen LogP contribution in [-0.4, -0.2) is 51.6 Å². The maximum absolute atomic E-state index is 12.9. The van der Waals surface area contributed by atoms with Crippen LogP contribution in [0, 0.1) is 0 Å². The van der Waals surface area contributed by atoms with Crippen molar-refractivity contribution in [2.24, 2.45) is 0 Å². The molecule has 0 aliphatic carbocycles. The number of hydrogen-bond acceptors (Lipinski definition) is 6. The minimum absolute atomic E-state index is 0.256. The van der Waals surface area contributed by atoms with Crippen molar-refractivity contribution in [3.05, 3.63) is 97.2 Å². The summed E-state index contributed by atoms with van der Waals surface area (Å²) >= 11 is 0. The van der Waals surface area contributed by atoms with E-state index in [1.165, 1.54) is 0 Å². The Bertz CT molecular complexity index is 1510. The van der Waals surface area contributed by atoms with Crippen LogP contribution in [0.15, 0.2) is 91.5 Å². The summed E-state index contributed by atoms with van der Waals surface area (Å²) in [5.74, 6) is 0.593. The van der Waals surface area contributed by atoms with Crippen molar-refractivity contribution >= 4 is 23.1 Å². The number of nitrogens with zero attached hydrogens (tertiary/aromatic N) is 5. The monoisotopic (exact) mass is 476 g/mol. The molecule has 6 rings (SSSR count). The highest BCUT2D eigenvalue weighted by atomic mass is 16.5. The normalized spacial score (nSPS) is 13.6. The third-order valence-electron chi connectivity index (χ3n) is 6.21. The molecule has 1 saturated heterocycles. The fraction of sp³-hybridized carbons (Fsp3) is 0.143. The van der Waals surface area contributed by atoms with Crippen molar-refractivity contribution in [2.75, 3.05) is 36.5 Å². The molecule has 1 aliphatic heterocycles. The lowest BCUT2D eigenvalue weighted by molar-refractivity contribution is 0.102. The Morgan fingerprint density at radius 2 is 1.67 bits per heavy atom. The number of nitrogens with one attached hydrogen (secondary N) is 1. The van der Waals surface area contributed by atoms with E-state index in [1.807, 2.05) is 77.5 Å². The van der Waals surface area contributed by atoms with E-state index in [2.05, 4.69) is 20.2 Å². The number of ether oxygens (including phenoxy) is 1. The van der Waals surface area contributed by atoms with Gasteiger partial charge in [-0.15, -0.1) is 0 Å². The van der Waals surface area contributed by atoms with E-state index in [0.29, 0.717) is 24.6 Å².